The van der Waals surface area contributed by atoms with E-state index in [1.54, 1.807) is 12.2 Å². The summed E-state index contributed by atoms with van der Waals surface area (Å²) in [4.78, 5) is 20.8. The lowest BCUT2D eigenvalue weighted by atomic mass is 10.4. The molecule has 0 bridgehead atoms. The van der Waals surface area contributed by atoms with E-state index in [0.717, 1.165) is 0 Å². The second-order valence-electron chi connectivity index (χ2n) is 1.80. The van der Waals surface area contributed by atoms with E-state index >= 15 is 0 Å². The lowest BCUT2D eigenvalue weighted by molar-refractivity contribution is -0.154. The standard InChI is InChI=1S/C8H10O3/c1-3-4-5-6-8(10)11-7(2)9/h3-6H,1-2H3. The van der Waals surface area contributed by atoms with E-state index in [-0.39, 0.29) is 0 Å². The number of esters is 2. The zero-order chi connectivity index (χ0) is 8.69. The van der Waals surface area contributed by atoms with E-state index in [1.165, 1.54) is 19.1 Å². The third-order valence-electron chi connectivity index (χ3n) is 0.780. The van der Waals surface area contributed by atoms with Crippen LogP contribution in [0.4, 0.5) is 0 Å². The van der Waals surface area contributed by atoms with Crippen LogP contribution in [0.5, 0.6) is 0 Å². The molecule has 0 aliphatic rings. The van der Waals surface area contributed by atoms with Crippen molar-refractivity contribution in [1.82, 2.24) is 0 Å². The predicted octanol–water partition coefficient (Wildman–Crippen LogP) is 1.21. The molecule has 0 atom stereocenters. The van der Waals surface area contributed by atoms with Crippen LogP contribution in [0.25, 0.3) is 0 Å². The molecule has 0 rings (SSSR count). The molecule has 0 aromatic carbocycles. The van der Waals surface area contributed by atoms with Crippen LogP contribution in [-0.2, 0) is 14.3 Å². The number of hydrogen-bond donors (Lipinski definition) is 0. The van der Waals surface area contributed by atoms with Gasteiger partial charge in [-0.15, -0.1) is 0 Å². The molecule has 0 aliphatic carbocycles. The van der Waals surface area contributed by atoms with E-state index < -0.39 is 11.9 Å². The Bertz CT molecular complexity index is 201. The quantitative estimate of drug-likeness (QED) is 0.260. The van der Waals surface area contributed by atoms with Crippen molar-refractivity contribution in [2.24, 2.45) is 0 Å². The molecular weight excluding hydrogens is 144 g/mol. The maximum absolute atomic E-state index is 10.6. The van der Waals surface area contributed by atoms with Crippen molar-refractivity contribution >= 4 is 11.9 Å². The van der Waals surface area contributed by atoms with E-state index in [9.17, 15) is 9.59 Å². The van der Waals surface area contributed by atoms with Gasteiger partial charge in [0.25, 0.3) is 0 Å². The highest BCUT2D eigenvalue weighted by atomic mass is 16.6. The van der Waals surface area contributed by atoms with Gasteiger partial charge in [-0.2, -0.15) is 0 Å². The average Bonchev–Trinajstić information content (AvgIpc) is 1.86. The average molecular weight is 154 g/mol. The molecule has 0 saturated heterocycles. The topological polar surface area (TPSA) is 43.4 Å². The molecule has 0 amide bonds. The van der Waals surface area contributed by atoms with Crippen molar-refractivity contribution in [3.8, 4) is 0 Å². The molecule has 0 aromatic rings. The predicted molar refractivity (Wildman–Crippen MR) is 40.7 cm³/mol. The van der Waals surface area contributed by atoms with Gasteiger partial charge in [0.1, 0.15) is 0 Å². The van der Waals surface area contributed by atoms with Crippen LogP contribution in [0.2, 0.25) is 0 Å². The molecule has 11 heavy (non-hydrogen) atoms. The Morgan fingerprint density at radius 1 is 1.27 bits per heavy atom. The maximum atomic E-state index is 10.6. The van der Waals surface area contributed by atoms with Crippen LogP contribution < -0.4 is 0 Å². The molecular formula is C8H10O3. The highest BCUT2D eigenvalue weighted by Crippen LogP contribution is 1.83. The first-order valence-electron chi connectivity index (χ1n) is 3.18. The van der Waals surface area contributed by atoms with Crippen molar-refractivity contribution in [3.05, 3.63) is 24.3 Å². The summed E-state index contributed by atoms with van der Waals surface area (Å²) in [6.07, 6.45) is 6.12. The Balaban J connectivity index is 3.78. The van der Waals surface area contributed by atoms with Gasteiger partial charge >= 0.3 is 11.9 Å². The number of carbonyl (C=O) groups is 2. The summed E-state index contributed by atoms with van der Waals surface area (Å²) < 4.78 is 4.20. The Morgan fingerprint density at radius 3 is 2.36 bits per heavy atom. The molecule has 0 unspecified atom stereocenters. The Hall–Kier alpha value is -1.38. The van der Waals surface area contributed by atoms with Crippen molar-refractivity contribution in [2.75, 3.05) is 0 Å². The zero-order valence-corrected chi connectivity index (χ0v) is 6.53. The first kappa shape index (κ1) is 9.62. The summed E-state index contributed by atoms with van der Waals surface area (Å²) in [5.41, 5.74) is 0. The van der Waals surface area contributed by atoms with Crippen LogP contribution in [0, 0.1) is 0 Å². The molecule has 0 radical (unpaired) electrons. The highest BCUT2D eigenvalue weighted by Gasteiger charge is 1.98. The smallest absolute Gasteiger partial charge is 0.338 e. The van der Waals surface area contributed by atoms with Crippen LogP contribution in [-0.4, -0.2) is 11.9 Å². The minimum atomic E-state index is -0.643. The molecule has 0 spiro atoms. The molecule has 0 heterocycles. The fourth-order valence-corrected chi connectivity index (χ4v) is 0.421. The van der Waals surface area contributed by atoms with E-state index in [4.69, 9.17) is 0 Å². The van der Waals surface area contributed by atoms with Gasteiger partial charge < -0.3 is 4.74 Å². The Morgan fingerprint density at radius 2 is 1.91 bits per heavy atom. The monoisotopic (exact) mass is 154 g/mol. The minimum Gasteiger partial charge on any atom is -0.390 e. The highest BCUT2D eigenvalue weighted by molar-refractivity contribution is 5.91. The fourth-order valence-electron chi connectivity index (χ4n) is 0.421. The number of ether oxygens (including phenoxy) is 1. The van der Waals surface area contributed by atoms with Crippen LogP contribution in [0.15, 0.2) is 24.3 Å². The summed E-state index contributed by atoms with van der Waals surface area (Å²) in [5.74, 6) is -1.24. The van der Waals surface area contributed by atoms with E-state index in [1.807, 2.05) is 6.92 Å². The van der Waals surface area contributed by atoms with Gasteiger partial charge in [0.2, 0.25) is 0 Å². The van der Waals surface area contributed by atoms with Gasteiger partial charge in [-0.1, -0.05) is 18.2 Å². The molecule has 0 aliphatic heterocycles. The minimum absolute atomic E-state index is 0.597. The van der Waals surface area contributed by atoms with Crippen LogP contribution >= 0.6 is 0 Å². The summed E-state index contributed by atoms with van der Waals surface area (Å²) >= 11 is 0. The van der Waals surface area contributed by atoms with Gasteiger partial charge in [0, 0.05) is 13.0 Å². The lowest BCUT2D eigenvalue weighted by Crippen LogP contribution is -2.04. The van der Waals surface area contributed by atoms with Gasteiger partial charge in [-0.25, -0.2) is 4.79 Å². The van der Waals surface area contributed by atoms with E-state index in [0.29, 0.717) is 0 Å². The second-order valence-corrected chi connectivity index (χ2v) is 1.80. The Kier molecular flexibility index (Phi) is 4.73. The van der Waals surface area contributed by atoms with Crippen molar-refractivity contribution in [1.29, 1.82) is 0 Å². The summed E-state index contributed by atoms with van der Waals surface area (Å²) in [5, 5.41) is 0. The van der Waals surface area contributed by atoms with Gasteiger partial charge in [-0.3, -0.25) is 4.79 Å². The fraction of sp³-hybridized carbons (Fsp3) is 0.250. The number of allylic oxidation sites excluding steroid dienone is 3. The SMILES string of the molecule is CC=CC=CC(=O)OC(C)=O. The largest absolute Gasteiger partial charge is 0.390 e. The number of carbonyl (C=O) groups excluding carboxylic acids is 2. The Labute approximate surface area is 65.4 Å². The summed E-state index contributed by atoms with van der Waals surface area (Å²) in [6, 6.07) is 0. The van der Waals surface area contributed by atoms with Gasteiger partial charge in [0.15, 0.2) is 0 Å². The molecule has 0 N–H and O–H groups in total. The van der Waals surface area contributed by atoms with Gasteiger partial charge in [0.05, 0.1) is 0 Å². The van der Waals surface area contributed by atoms with Crippen LogP contribution in [0.3, 0.4) is 0 Å². The molecule has 0 aromatic heterocycles. The summed E-state index contributed by atoms with van der Waals surface area (Å²) in [6.45, 7) is 3.00. The first-order chi connectivity index (χ1) is 5.16. The second kappa shape index (κ2) is 5.41. The first-order valence-corrected chi connectivity index (χ1v) is 3.18. The zero-order valence-electron chi connectivity index (χ0n) is 6.53. The molecule has 3 nitrogen and oxygen atoms in total. The number of rotatable bonds is 2. The summed E-state index contributed by atoms with van der Waals surface area (Å²) in [7, 11) is 0. The van der Waals surface area contributed by atoms with Crippen LogP contribution in [0.1, 0.15) is 13.8 Å². The normalized spacial score (nSPS) is 10.7. The molecule has 0 saturated carbocycles. The third-order valence-corrected chi connectivity index (χ3v) is 0.780. The third kappa shape index (κ3) is 6.51. The molecule has 3 heteroatoms. The van der Waals surface area contributed by atoms with E-state index in [2.05, 4.69) is 4.74 Å². The molecule has 60 valence electrons. The maximum Gasteiger partial charge on any atom is 0.338 e. The lowest BCUT2D eigenvalue weighted by Gasteiger charge is -1.90. The number of hydrogen-bond acceptors (Lipinski definition) is 3. The van der Waals surface area contributed by atoms with Crippen molar-refractivity contribution in [2.45, 2.75) is 13.8 Å². The van der Waals surface area contributed by atoms with Crippen molar-refractivity contribution in [3.63, 3.8) is 0 Å². The van der Waals surface area contributed by atoms with Crippen molar-refractivity contribution < 1.29 is 14.3 Å². The molecule has 0 fully saturated rings. The van der Waals surface area contributed by atoms with Gasteiger partial charge in [-0.05, 0) is 6.92 Å².